The van der Waals surface area contributed by atoms with E-state index < -0.39 is 0 Å². The van der Waals surface area contributed by atoms with E-state index in [0.29, 0.717) is 26.8 Å². The van der Waals surface area contributed by atoms with Gasteiger partial charge in [-0.1, -0.05) is 29.6 Å². The van der Waals surface area contributed by atoms with Gasteiger partial charge in [0.05, 0.1) is 10.7 Å². The Kier molecular flexibility index (Phi) is 4.33. The van der Waals surface area contributed by atoms with Crippen molar-refractivity contribution in [3.8, 4) is 0 Å². The predicted octanol–water partition coefficient (Wildman–Crippen LogP) is 5.36. The van der Waals surface area contributed by atoms with E-state index in [0.717, 1.165) is 0 Å². The number of nitrogens with zero attached hydrogens (tertiary/aromatic N) is 1. The van der Waals surface area contributed by atoms with Crippen molar-refractivity contribution in [2.24, 2.45) is 0 Å². The summed E-state index contributed by atoms with van der Waals surface area (Å²) in [6.45, 7) is 0. The van der Waals surface area contributed by atoms with Crippen molar-refractivity contribution >= 4 is 51.4 Å². The number of amides is 2. The number of thiazole rings is 1. The summed E-state index contributed by atoms with van der Waals surface area (Å²) in [7, 11) is 0. The number of halogens is 2. The summed E-state index contributed by atoms with van der Waals surface area (Å²) >= 11 is 13.3. The molecule has 110 valence electrons. The first-order valence-electron chi connectivity index (χ1n) is 6.60. The van der Waals surface area contributed by atoms with E-state index in [9.17, 15) is 4.79 Å². The van der Waals surface area contributed by atoms with E-state index in [2.05, 4.69) is 15.6 Å². The number of nitrogens with one attached hydrogen (secondary N) is 2. The molecule has 1 heterocycles. The molecule has 4 nitrogen and oxygen atoms in total. The highest BCUT2D eigenvalue weighted by molar-refractivity contribution is 7.15. The van der Waals surface area contributed by atoms with Crippen LogP contribution in [-0.2, 0) is 0 Å². The molecule has 1 aliphatic carbocycles. The van der Waals surface area contributed by atoms with Crippen molar-refractivity contribution in [3.05, 3.63) is 39.3 Å². The Morgan fingerprint density at radius 2 is 2.10 bits per heavy atom. The van der Waals surface area contributed by atoms with Crippen LogP contribution in [0.4, 0.5) is 15.6 Å². The largest absolute Gasteiger partial charge is 0.325 e. The maximum atomic E-state index is 11.9. The molecule has 1 aliphatic rings. The van der Waals surface area contributed by atoms with Gasteiger partial charge in [-0.15, -0.1) is 11.3 Å². The van der Waals surface area contributed by atoms with Crippen LogP contribution in [0, 0.1) is 0 Å². The molecule has 1 fully saturated rings. The van der Waals surface area contributed by atoms with Crippen LogP contribution in [0.15, 0.2) is 24.4 Å². The number of hydrogen-bond acceptors (Lipinski definition) is 3. The Hall–Kier alpha value is -1.30. The molecule has 0 radical (unpaired) electrons. The van der Waals surface area contributed by atoms with Gasteiger partial charge in [-0.3, -0.25) is 5.32 Å². The summed E-state index contributed by atoms with van der Waals surface area (Å²) in [4.78, 5) is 17.4. The van der Waals surface area contributed by atoms with Gasteiger partial charge in [0.15, 0.2) is 5.13 Å². The molecule has 1 saturated carbocycles. The summed E-state index contributed by atoms with van der Waals surface area (Å²) in [5, 5.41) is 6.92. The highest BCUT2D eigenvalue weighted by Gasteiger charge is 2.22. The lowest BCUT2D eigenvalue weighted by Crippen LogP contribution is -2.19. The van der Waals surface area contributed by atoms with Crippen LogP contribution < -0.4 is 10.6 Å². The van der Waals surface area contributed by atoms with E-state index in [1.807, 2.05) is 6.20 Å². The average Bonchev–Trinajstić information content (AvgIpc) is 2.78. The van der Waals surface area contributed by atoms with Gasteiger partial charge < -0.3 is 5.32 Å². The number of urea groups is 1. The van der Waals surface area contributed by atoms with Gasteiger partial charge in [-0.05, 0) is 37.0 Å². The molecular weight excluding hydrogens is 329 g/mol. The lowest BCUT2D eigenvalue weighted by Gasteiger charge is -2.23. The molecule has 0 bridgehead atoms. The van der Waals surface area contributed by atoms with Crippen molar-refractivity contribution in [2.45, 2.75) is 25.2 Å². The summed E-state index contributed by atoms with van der Waals surface area (Å²) in [5.74, 6) is 0.617. The molecule has 2 aromatic rings. The highest BCUT2D eigenvalue weighted by Crippen LogP contribution is 2.39. The number of anilines is 2. The molecule has 7 heteroatoms. The molecule has 0 spiro atoms. The maximum Gasteiger partial charge on any atom is 0.325 e. The Morgan fingerprint density at radius 3 is 2.76 bits per heavy atom. The molecule has 1 aromatic heterocycles. The van der Waals surface area contributed by atoms with Crippen LogP contribution in [0.5, 0.6) is 0 Å². The fraction of sp³-hybridized carbons (Fsp3) is 0.286. The molecule has 2 amide bonds. The van der Waals surface area contributed by atoms with Crippen LogP contribution in [0.2, 0.25) is 10.0 Å². The Bertz CT molecular complexity index is 670. The number of carbonyl (C=O) groups is 1. The lowest BCUT2D eigenvalue weighted by molar-refractivity contribution is 0.262. The number of rotatable bonds is 3. The monoisotopic (exact) mass is 341 g/mol. The van der Waals surface area contributed by atoms with Gasteiger partial charge in [0.25, 0.3) is 0 Å². The first-order valence-corrected chi connectivity index (χ1v) is 8.18. The van der Waals surface area contributed by atoms with Gasteiger partial charge in [-0.25, -0.2) is 9.78 Å². The van der Waals surface area contributed by atoms with Crippen molar-refractivity contribution in [1.29, 1.82) is 0 Å². The smallest absolute Gasteiger partial charge is 0.306 e. The molecule has 21 heavy (non-hydrogen) atoms. The second-order valence-corrected chi connectivity index (χ2v) is 6.80. The van der Waals surface area contributed by atoms with Crippen LogP contribution in [-0.4, -0.2) is 11.0 Å². The molecule has 0 saturated heterocycles. The van der Waals surface area contributed by atoms with E-state index in [-0.39, 0.29) is 6.03 Å². The number of benzene rings is 1. The van der Waals surface area contributed by atoms with Gasteiger partial charge in [0, 0.05) is 16.1 Å². The second-order valence-electron chi connectivity index (χ2n) is 4.90. The maximum absolute atomic E-state index is 11.9. The highest BCUT2D eigenvalue weighted by atomic mass is 35.5. The molecule has 0 unspecified atom stereocenters. The number of aromatic nitrogens is 1. The third kappa shape index (κ3) is 3.48. The third-order valence-electron chi connectivity index (χ3n) is 3.43. The number of carbonyl (C=O) groups excluding carboxylic acids is 1. The zero-order valence-electron chi connectivity index (χ0n) is 11.0. The fourth-order valence-electron chi connectivity index (χ4n) is 2.07. The Balaban J connectivity index is 1.62. The quantitative estimate of drug-likeness (QED) is 0.789. The summed E-state index contributed by atoms with van der Waals surface area (Å²) < 4.78 is 0. The van der Waals surface area contributed by atoms with E-state index in [1.165, 1.54) is 35.5 Å². The van der Waals surface area contributed by atoms with E-state index in [4.69, 9.17) is 23.2 Å². The molecule has 2 N–H and O–H groups in total. The fourth-order valence-corrected chi connectivity index (χ4v) is 3.50. The van der Waals surface area contributed by atoms with Gasteiger partial charge >= 0.3 is 6.03 Å². The molecule has 3 rings (SSSR count). The second kappa shape index (κ2) is 6.22. The van der Waals surface area contributed by atoms with E-state index >= 15 is 0 Å². The minimum absolute atomic E-state index is 0.367. The van der Waals surface area contributed by atoms with Crippen LogP contribution >= 0.6 is 34.5 Å². The normalized spacial score (nSPS) is 14.6. The van der Waals surface area contributed by atoms with E-state index in [1.54, 1.807) is 18.2 Å². The first-order chi connectivity index (χ1) is 10.1. The van der Waals surface area contributed by atoms with Crippen molar-refractivity contribution in [3.63, 3.8) is 0 Å². The van der Waals surface area contributed by atoms with Crippen LogP contribution in [0.3, 0.4) is 0 Å². The minimum atomic E-state index is -0.367. The van der Waals surface area contributed by atoms with Gasteiger partial charge in [0.2, 0.25) is 0 Å². The first kappa shape index (κ1) is 14.6. The third-order valence-corrected chi connectivity index (χ3v) is 5.05. The number of hydrogen-bond donors (Lipinski definition) is 2. The molecule has 0 aliphatic heterocycles. The van der Waals surface area contributed by atoms with Crippen molar-refractivity contribution in [2.75, 3.05) is 10.6 Å². The SMILES string of the molecule is O=C(Nc1ncc(C2CCC2)s1)Nc1ccc(Cl)cc1Cl. The average molecular weight is 342 g/mol. The predicted molar refractivity (Wildman–Crippen MR) is 87.8 cm³/mol. The van der Waals surface area contributed by atoms with Gasteiger partial charge in [-0.2, -0.15) is 0 Å². The summed E-state index contributed by atoms with van der Waals surface area (Å²) in [6.07, 6.45) is 5.56. The standard InChI is InChI=1S/C14H13Cl2N3OS/c15-9-4-5-11(10(16)6-9)18-13(20)19-14-17-7-12(21-14)8-2-1-3-8/h4-8H,1-3H2,(H2,17,18,19,20). The van der Waals surface area contributed by atoms with Crippen LogP contribution in [0.25, 0.3) is 0 Å². The lowest BCUT2D eigenvalue weighted by atomic mass is 9.85. The Labute approximate surface area is 136 Å². The zero-order chi connectivity index (χ0) is 14.8. The summed E-state index contributed by atoms with van der Waals surface area (Å²) in [5.41, 5.74) is 0.509. The Morgan fingerprint density at radius 1 is 1.29 bits per heavy atom. The summed E-state index contributed by atoms with van der Waals surface area (Å²) in [6, 6.07) is 4.54. The van der Waals surface area contributed by atoms with Crippen LogP contribution in [0.1, 0.15) is 30.1 Å². The molecular formula is C14H13Cl2N3OS. The van der Waals surface area contributed by atoms with Crippen molar-refractivity contribution < 1.29 is 4.79 Å². The molecule has 0 atom stereocenters. The minimum Gasteiger partial charge on any atom is -0.306 e. The molecule has 1 aromatic carbocycles. The van der Waals surface area contributed by atoms with Gasteiger partial charge in [0.1, 0.15) is 0 Å². The zero-order valence-corrected chi connectivity index (χ0v) is 13.4. The topological polar surface area (TPSA) is 54.0 Å². The van der Waals surface area contributed by atoms with Crippen molar-refractivity contribution in [1.82, 2.24) is 4.98 Å².